The van der Waals surface area contributed by atoms with Crippen LogP contribution in [0, 0.1) is 11.8 Å². The van der Waals surface area contributed by atoms with E-state index in [1.54, 1.807) is 18.6 Å². The molecular formula is C15H24N4O3S. The number of carbonyl (C=O) groups is 1. The summed E-state index contributed by atoms with van der Waals surface area (Å²) in [7, 11) is -3.23. The zero-order chi connectivity index (χ0) is 17.0. The molecule has 8 heteroatoms. The highest BCUT2D eigenvalue weighted by Crippen LogP contribution is 2.26. The van der Waals surface area contributed by atoms with Gasteiger partial charge in [-0.3, -0.25) is 14.8 Å². The van der Waals surface area contributed by atoms with Crippen molar-refractivity contribution >= 4 is 15.9 Å². The fraction of sp³-hybridized carbons (Fsp3) is 0.667. The average Bonchev–Trinajstić information content (AvgIpc) is 2.90. The Morgan fingerprint density at radius 2 is 2.13 bits per heavy atom. The molecule has 0 unspecified atom stereocenters. The molecule has 0 aliphatic carbocycles. The number of aryl methyl sites for hydroxylation is 1. The predicted octanol–water partition coefficient (Wildman–Crippen LogP) is 0.441. The molecule has 1 amide bonds. The SMILES string of the molecule is CC(C)[C@@H]1CN(S(C)(=O)=O)C[C@H]1NC(=O)CCc1cnccn1. The summed E-state index contributed by atoms with van der Waals surface area (Å²) in [4.78, 5) is 20.3. The highest BCUT2D eigenvalue weighted by atomic mass is 32.2. The molecule has 0 saturated carbocycles. The van der Waals surface area contributed by atoms with E-state index >= 15 is 0 Å². The van der Waals surface area contributed by atoms with Gasteiger partial charge in [-0.05, 0) is 18.3 Å². The summed E-state index contributed by atoms with van der Waals surface area (Å²) >= 11 is 0. The molecule has 1 aromatic rings. The van der Waals surface area contributed by atoms with Gasteiger partial charge in [0.2, 0.25) is 15.9 Å². The zero-order valence-electron chi connectivity index (χ0n) is 13.8. The first-order valence-electron chi connectivity index (χ1n) is 7.76. The summed E-state index contributed by atoms with van der Waals surface area (Å²) < 4.78 is 24.9. The van der Waals surface area contributed by atoms with Crippen molar-refractivity contribution in [3.8, 4) is 0 Å². The largest absolute Gasteiger partial charge is 0.352 e. The molecule has 2 atom stereocenters. The Kier molecular flexibility index (Phi) is 5.69. The average molecular weight is 340 g/mol. The number of sulfonamides is 1. The van der Waals surface area contributed by atoms with Crippen molar-refractivity contribution < 1.29 is 13.2 Å². The van der Waals surface area contributed by atoms with Crippen molar-refractivity contribution in [1.82, 2.24) is 19.6 Å². The summed E-state index contributed by atoms with van der Waals surface area (Å²) in [6.07, 6.45) is 6.89. The van der Waals surface area contributed by atoms with E-state index in [1.165, 1.54) is 10.6 Å². The zero-order valence-corrected chi connectivity index (χ0v) is 14.6. The first kappa shape index (κ1) is 17.8. The summed E-state index contributed by atoms with van der Waals surface area (Å²) in [5, 5.41) is 2.99. The Morgan fingerprint density at radius 1 is 1.39 bits per heavy atom. The van der Waals surface area contributed by atoms with Crippen molar-refractivity contribution in [3.05, 3.63) is 24.3 Å². The normalized spacial score (nSPS) is 22.4. The number of rotatable bonds is 6. The molecule has 1 fully saturated rings. The maximum atomic E-state index is 12.2. The van der Waals surface area contributed by atoms with E-state index in [0.717, 1.165) is 5.69 Å². The minimum atomic E-state index is -3.23. The molecule has 1 N–H and O–H groups in total. The molecule has 7 nitrogen and oxygen atoms in total. The third kappa shape index (κ3) is 4.97. The number of amides is 1. The van der Waals surface area contributed by atoms with Crippen LogP contribution in [0.3, 0.4) is 0 Å². The maximum Gasteiger partial charge on any atom is 0.220 e. The van der Waals surface area contributed by atoms with Crippen LogP contribution in [0.25, 0.3) is 0 Å². The summed E-state index contributed by atoms with van der Waals surface area (Å²) in [5.74, 6) is 0.346. The van der Waals surface area contributed by atoms with Crippen LogP contribution in [0.2, 0.25) is 0 Å². The molecular weight excluding hydrogens is 316 g/mol. The lowest BCUT2D eigenvalue weighted by molar-refractivity contribution is -0.122. The van der Waals surface area contributed by atoms with Crippen LogP contribution in [-0.2, 0) is 21.2 Å². The van der Waals surface area contributed by atoms with Gasteiger partial charge < -0.3 is 5.32 Å². The Balaban J connectivity index is 1.93. The van der Waals surface area contributed by atoms with Crippen LogP contribution in [0.1, 0.15) is 26.0 Å². The van der Waals surface area contributed by atoms with Crippen LogP contribution < -0.4 is 5.32 Å². The molecule has 128 valence electrons. The third-order valence-corrected chi connectivity index (χ3v) is 5.46. The second kappa shape index (κ2) is 7.35. The summed E-state index contributed by atoms with van der Waals surface area (Å²) in [6.45, 7) is 4.91. The lowest BCUT2D eigenvalue weighted by Crippen LogP contribution is -2.42. The molecule has 0 bridgehead atoms. The van der Waals surface area contributed by atoms with Crippen LogP contribution in [-0.4, -0.2) is 54.0 Å². The van der Waals surface area contributed by atoms with Gasteiger partial charge in [0.1, 0.15) is 0 Å². The monoisotopic (exact) mass is 340 g/mol. The van der Waals surface area contributed by atoms with E-state index in [9.17, 15) is 13.2 Å². The van der Waals surface area contributed by atoms with E-state index < -0.39 is 10.0 Å². The third-order valence-electron chi connectivity index (χ3n) is 4.23. The lowest BCUT2D eigenvalue weighted by atomic mass is 9.91. The minimum absolute atomic E-state index is 0.0818. The van der Waals surface area contributed by atoms with Crippen LogP contribution in [0.15, 0.2) is 18.6 Å². The molecule has 0 aromatic carbocycles. The van der Waals surface area contributed by atoms with Gasteiger partial charge in [-0.2, -0.15) is 4.31 Å². The number of aromatic nitrogens is 2. The van der Waals surface area contributed by atoms with E-state index in [-0.39, 0.29) is 17.9 Å². The molecule has 0 spiro atoms. The fourth-order valence-electron chi connectivity index (χ4n) is 2.87. The maximum absolute atomic E-state index is 12.2. The number of carbonyl (C=O) groups excluding carboxylic acids is 1. The topological polar surface area (TPSA) is 92.3 Å². The predicted molar refractivity (Wildman–Crippen MR) is 87.0 cm³/mol. The van der Waals surface area contributed by atoms with Gasteiger partial charge in [-0.1, -0.05) is 13.8 Å². The smallest absolute Gasteiger partial charge is 0.220 e. The van der Waals surface area contributed by atoms with Gasteiger partial charge in [0.05, 0.1) is 11.9 Å². The first-order chi connectivity index (χ1) is 10.8. The molecule has 1 saturated heterocycles. The standard InChI is InChI=1S/C15H24N4O3S/c1-11(2)13-9-19(23(3,21)22)10-14(13)18-15(20)5-4-12-8-16-6-7-17-12/h6-8,11,13-14H,4-5,9-10H2,1-3H3,(H,18,20)/t13-,14+/m0/s1. The van der Waals surface area contributed by atoms with E-state index in [0.29, 0.717) is 31.8 Å². The van der Waals surface area contributed by atoms with E-state index in [1.807, 2.05) is 0 Å². The second-order valence-corrected chi connectivity index (χ2v) is 8.34. The number of hydrogen-bond acceptors (Lipinski definition) is 5. The highest BCUT2D eigenvalue weighted by Gasteiger charge is 2.39. The van der Waals surface area contributed by atoms with Crippen molar-refractivity contribution in [2.45, 2.75) is 32.7 Å². The second-order valence-electron chi connectivity index (χ2n) is 6.36. The number of hydrogen-bond donors (Lipinski definition) is 1. The van der Waals surface area contributed by atoms with E-state index in [4.69, 9.17) is 0 Å². The lowest BCUT2D eigenvalue weighted by Gasteiger charge is -2.22. The van der Waals surface area contributed by atoms with Gasteiger partial charge >= 0.3 is 0 Å². The highest BCUT2D eigenvalue weighted by molar-refractivity contribution is 7.88. The quantitative estimate of drug-likeness (QED) is 0.811. The molecule has 1 aromatic heterocycles. The number of nitrogens with zero attached hydrogens (tertiary/aromatic N) is 3. The van der Waals surface area contributed by atoms with E-state index in [2.05, 4.69) is 29.1 Å². The van der Waals surface area contributed by atoms with Gasteiger partial charge in [0, 0.05) is 44.1 Å². The summed E-state index contributed by atoms with van der Waals surface area (Å²) in [5.41, 5.74) is 0.771. The fourth-order valence-corrected chi connectivity index (χ4v) is 3.74. The van der Waals surface area contributed by atoms with Crippen LogP contribution in [0.4, 0.5) is 0 Å². The van der Waals surface area contributed by atoms with Crippen LogP contribution >= 0.6 is 0 Å². The Bertz CT molecular complexity index is 633. The van der Waals surface area contributed by atoms with Gasteiger partial charge in [-0.15, -0.1) is 0 Å². The van der Waals surface area contributed by atoms with Gasteiger partial charge in [0.25, 0.3) is 0 Å². The molecule has 2 heterocycles. The Morgan fingerprint density at radius 3 is 2.70 bits per heavy atom. The minimum Gasteiger partial charge on any atom is -0.352 e. The van der Waals surface area contributed by atoms with Gasteiger partial charge in [-0.25, -0.2) is 8.42 Å². The van der Waals surface area contributed by atoms with Crippen molar-refractivity contribution in [1.29, 1.82) is 0 Å². The molecule has 2 rings (SSSR count). The van der Waals surface area contributed by atoms with Crippen molar-refractivity contribution in [2.24, 2.45) is 11.8 Å². The van der Waals surface area contributed by atoms with Crippen LogP contribution in [0.5, 0.6) is 0 Å². The molecule has 23 heavy (non-hydrogen) atoms. The molecule has 1 aliphatic rings. The Labute approximate surface area is 137 Å². The van der Waals surface area contributed by atoms with Crippen molar-refractivity contribution in [3.63, 3.8) is 0 Å². The van der Waals surface area contributed by atoms with Gasteiger partial charge in [0.15, 0.2) is 0 Å². The molecule has 1 aliphatic heterocycles. The number of nitrogens with one attached hydrogen (secondary N) is 1. The Hall–Kier alpha value is -1.54. The molecule has 0 radical (unpaired) electrons. The summed E-state index contributed by atoms with van der Waals surface area (Å²) in [6, 6.07) is -0.140. The first-order valence-corrected chi connectivity index (χ1v) is 9.61. The van der Waals surface area contributed by atoms with Crippen molar-refractivity contribution in [2.75, 3.05) is 19.3 Å².